The standard InChI is InChI=1S/C20H25N3O2/c1-15-7-6-13-23(14-11-15)20(24)16-8-5-12-21-19(16)22-17-9-3-4-10-18(17)25-2/h3-5,8-10,12,15H,6-7,11,13-14H2,1-2H3,(H,21,22)/t15-/m1/s1. The van der Waals surface area contributed by atoms with Crippen molar-refractivity contribution in [1.29, 1.82) is 0 Å². The first kappa shape index (κ1) is 17.3. The second-order valence-corrected chi connectivity index (χ2v) is 6.55. The van der Waals surface area contributed by atoms with Gasteiger partial charge >= 0.3 is 0 Å². The highest BCUT2D eigenvalue weighted by Crippen LogP contribution is 2.28. The number of rotatable bonds is 4. The Morgan fingerprint density at radius 1 is 1.20 bits per heavy atom. The third-order valence-electron chi connectivity index (χ3n) is 4.70. The summed E-state index contributed by atoms with van der Waals surface area (Å²) in [6.07, 6.45) is 4.99. The number of aromatic nitrogens is 1. The smallest absolute Gasteiger partial charge is 0.257 e. The summed E-state index contributed by atoms with van der Waals surface area (Å²) < 4.78 is 5.38. The van der Waals surface area contributed by atoms with Gasteiger partial charge in [-0.2, -0.15) is 0 Å². The van der Waals surface area contributed by atoms with Gasteiger partial charge in [-0.15, -0.1) is 0 Å². The van der Waals surface area contributed by atoms with Crippen LogP contribution in [0.4, 0.5) is 11.5 Å². The molecule has 0 saturated carbocycles. The first-order chi connectivity index (χ1) is 12.2. The minimum absolute atomic E-state index is 0.0413. The van der Waals surface area contributed by atoms with Crippen molar-refractivity contribution >= 4 is 17.4 Å². The third kappa shape index (κ3) is 4.10. The normalized spacial score (nSPS) is 17.7. The summed E-state index contributed by atoms with van der Waals surface area (Å²) in [4.78, 5) is 19.4. The number of carbonyl (C=O) groups excluding carboxylic acids is 1. The number of para-hydroxylation sites is 2. The second-order valence-electron chi connectivity index (χ2n) is 6.55. The van der Waals surface area contributed by atoms with Crippen LogP contribution in [0.15, 0.2) is 42.6 Å². The van der Waals surface area contributed by atoms with Crippen LogP contribution in [0, 0.1) is 5.92 Å². The molecule has 1 fully saturated rings. The number of nitrogens with one attached hydrogen (secondary N) is 1. The van der Waals surface area contributed by atoms with Crippen LogP contribution in [0.25, 0.3) is 0 Å². The highest BCUT2D eigenvalue weighted by molar-refractivity contribution is 5.99. The van der Waals surface area contributed by atoms with Gasteiger partial charge in [0.2, 0.25) is 0 Å². The number of ether oxygens (including phenoxy) is 1. The molecule has 1 N–H and O–H groups in total. The lowest BCUT2D eigenvalue weighted by molar-refractivity contribution is 0.0761. The van der Waals surface area contributed by atoms with Crippen LogP contribution in [0.2, 0.25) is 0 Å². The Morgan fingerprint density at radius 2 is 2.04 bits per heavy atom. The maximum absolute atomic E-state index is 13.0. The van der Waals surface area contributed by atoms with E-state index in [0.29, 0.717) is 17.3 Å². The van der Waals surface area contributed by atoms with Crippen LogP contribution in [-0.4, -0.2) is 36.0 Å². The fourth-order valence-corrected chi connectivity index (χ4v) is 3.19. The summed E-state index contributed by atoms with van der Waals surface area (Å²) >= 11 is 0. The number of carbonyl (C=O) groups is 1. The Kier molecular flexibility index (Phi) is 5.53. The molecule has 0 spiro atoms. The van der Waals surface area contributed by atoms with Crippen LogP contribution < -0.4 is 10.1 Å². The third-order valence-corrected chi connectivity index (χ3v) is 4.70. The molecule has 5 heteroatoms. The predicted molar refractivity (Wildman–Crippen MR) is 99.4 cm³/mol. The molecule has 2 heterocycles. The van der Waals surface area contributed by atoms with Gasteiger partial charge in [0, 0.05) is 19.3 Å². The molecule has 0 aliphatic carbocycles. The van der Waals surface area contributed by atoms with E-state index in [0.717, 1.165) is 37.4 Å². The number of methoxy groups -OCH3 is 1. The molecule has 2 aromatic rings. The zero-order valence-electron chi connectivity index (χ0n) is 14.9. The molecular weight excluding hydrogens is 314 g/mol. The summed E-state index contributed by atoms with van der Waals surface area (Å²) in [5.74, 6) is 2.00. The van der Waals surface area contributed by atoms with Crippen molar-refractivity contribution in [3.05, 3.63) is 48.2 Å². The number of pyridine rings is 1. The van der Waals surface area contributed by atoms with Gasteiger partial charge in [-0.3, -0.25) is 4.79 Å². The lowest BCUT2D eigenvalue weighted by atomic mass is 10.0. The van der Waals surface area contributed by atoms with Gasteiger partial charge in [-0.25, -0.2) is 4.98 Å². The van der Waals surface area contributed by atoms with Crippen LogP contribution in [-0.2, 0) is 0 Å². The van der Waals surface area contributed by atoms with Gasteiger partial charge in [-0.05, 0) is 49.4 Å². The van der Waals surface area contributed by atoms with E-state index in [4.69, 9.17) is 4.74 Å². The SMILES string of the molecule is COc1ccccc1Nc1ncccc1C(=O)N1CCC[C@@H](C)CC1. The fourth-order valence-electron chi connectivity index (χ4n) is 3.19. The molecular formula is C20H25N3O2. The Bertz CT molecular complexity index is 732. The summed E-state index contributed by atoms with van der Waals surface area (Å²) in [7, 11) is 1.63. The Morgan fingerprint density at radius 3 is 2.88 bits per heavy atom. The predicted octanol–water partition coefficient (Wildman–Crippen LogP) is 4.10. The van der Waals surface area contributed by atoms with Crippen molar-refractivity contribution in [3.8, 4) is 5.75 Å². The van der Waals surface area contributed by atoms with E-state index in [1.54, 1.807) is 19.4 Å². The molecule has 1 aromatic heterocycles. The lowest BCUT2D eigenvalue weighted by Gasteiger charge is -2.22. The average Bonchev–Trinajstić information content (AvgIpc) is 2.86. The van der Waals surface area contributed by atoms with E-state index in [2.05, 4.69) is 17.2 Å². The van der Waals surface area contributed by atoms with Crippen LogP contribution >= 0.6 is 0 Å². The van der Waals surface area contributed by atoms with Crippen molar-refractivity contribution < 1.29 is 9.53 Å². The van der Waals surface area contributed by atoms with Crippen LogP contribution in [0.3, 0.4) is 0 Å². The molecule has 5 nitrogen and oxygen atoms in total. The van der Waals surface area contributed by atoms with Crippen molar-refractivity contribution in [1.82, 2.24) is 9.88 Å². The Balaban J connectivity index is 1.84. The van der Waals surface area contributed by atoms with Crippen LogP contribution in [0.1, 0.15) is 36.5 Å². The zero-order valence-corrected chi connectivity index (χ0v) is 14.9. The van der Waals surface area contributed by atoms with Gasteiger partial charge in [-0.1, -0.05) is 19.1 Å². The molecule has 1 aliphatic heterocycles. The largest absolute Gasteiger partial charge is 0.495 e. The zero-order chi connectivity index (χ0) is 17.6. The summed E-state index contributed by atoms with van der Waals surface area (Å²) in [6.45, 7) is 3.88. The maximum Gasteiger partial charge on any atom is 0.257 e. The van der Waals surface area contributed by atoms with Crippen molar-refractivity contribution in [2.45, 2.75) is 26.2 Å². The molecule has 1 aromatic carbocycles. The second kappa shape index (κ2) is 8.01. The number of amides is 1. The topological polar surface area (TPSA) is 54.5 Å². The molecule has 1 atom stereocenters. The van der Waals surface area contributed by atoms with Gasteiger partial charge in [0.1, 0.15) is 11.6 Å². The Hall–Kier alpha value is -2.56. The summed E-state index contributed by atoms with van der Waals surface area (Å²) in [5, 5.41) is 3.25. The van der Waals surface area contributed by atoms with Crippen molar-refractivity contribution in [2.24, 2.45) is 5.92 Å². The highest BCUT2D eigenvalue weighted by atomic mass is 16.5. The number of anilines is 2. The van der Waals surface area contributed by atoms with E-state index in [-0.39, 0.29) is 5.91 Å². The number of likely N-dealkylation sites (tertiary alicyclic amines) is 1. The van der Waals surface area contributed by atoms with Crippen LogP contribution in [0.5, 0.6) is 5.75 Å². The summed E-state index contributed by atoms with van der Waals surface area (Å²) in [6, 6.07) is 11.3. The van der Waals surface area contributed by atoms with Gasteiger partial charge in [0.25, 0.3) is 5.91 Å². The van der Waals surface area contributed by atoms with Crippen molar-refractivity contribution in [3.63, 3.8) is 0 Å². The first-order valence-electron chi connectivity index (χ1n) is 8.83. The number of hydrogen-bond donors (Lipinski definition) is 1. The Labute approximate surface area is 149 Å². The fraction of sp³-hybridized carbons (Fsp3) is 0.400. The molecule has 0 radical (unpaired) electrons. The van der Waals surface area contributed by atoms with E-state index in [1.165, 1.54) is 6.42 Å². The molecule has 0 unspecified atom stereocenters. The minimum atomic E-state index is 0.0413. The molecule has 25 heavy (non-hydrogen) atoms. The minimum Gasteiger partial charge on any atom is -0.495 e. The number of benzene rings is 1. The van der Waals surface area contributed by atoms with E-state index in [9.17, 15) is 4.79 Å². The quantitative estimate of drug-likeness (QED) is 0.911. The molecule has 1 aliphatic rings. The van der Waals surface area contributed by atoms with Gasteiger partial charge < -0.3 is 15.0 Å². The first-order valence-corrected chi connectivity index (χ1v) is 8.83. The van der Waals surface area contributed by atoms with Crippen molar-refractivity contribution in [2.75, 3.05) is 25.5 Å². The molecule has 1 saturated heterocycles. The molecule has 3 rings (SSSR count). The number of hydrogen-bond acceptors (Lipinski definition) is 4. The van der Waals surface area contributed by atoms with Gasteiger partial charge in [0.15, 0.2) is 0 Å². The van der Waals surface area contributed by atoms with E-state index < -0.39 is 0 Å². The van der Waals surface area contributed by atoms with E-state index >= 15 is 0 Å². The highest BCUT2D eigenvalue weighted by Gasteiger charge is 2.22. The average molecular weight is 339 g/mol. The molecule has 0 bridgehead atoms. The molecule has 1 amide bonds. The summed E-state index contributed by atoms with van der Waals surface area (Å²) in [5.41, 5.74) is 1.39. The maximum atomic E-state index is 13.0. The lowest BCUT2D eigenvalue weighted by Crippen LogP contribution is -2.32. The number of nitrogens with zero attached hydrogens (tertiary/aromatic N) is 2. The van der Waals surface area contributed by atoms with E-state index in [1.807, 2.05) is 35.2 Å². The van der Waals surface area contributed by atoms with Gasteiger partial charge in [0.05, 0.1) is 18.4 Å². The molecule has 132 valence electrons. The monoisotopic (exact) mass is 339 g/mol.